The van der Waals surface area contributed by atoms with Gasteiger partial charge in [0.15, 0.2) is 5.43 Å². The Morgan fingerprint density at radius 2 is 1.86 bits per heavy atom. The zero-order valence-electron chi connectivity index (χ0n) is 25.2. The summed E-state index contributed by atoms with van der Waals surface area (Å²) in [6.45, 7) is 2.70. The lowest BCUT2D eigenvalue weighted by atomic mass is 9.90. The number of rotatable bonds is 5. The van der Waals surface area contributed by atoms with Crippen molar-refractivity contribution in [2.24, 2.45) is 14.1 Å². The summed E-state index contributed by atoms with van der Waals surface area (Å²) in [7, 11) is 5.67. The van der Waals surface area contributed by atoms with Crippen LogP contribution in [0.3, 0.4) is 0 Å². The molecule has 3 aliphatic rings. The van der Waals surface area contributed by atoms with E-state index in [9.17, 15) is 18.4 Å². The average molecular weight is 594 g/mol. The summed E-state index contributed by atoms with van der Waals surface area (Å²) in [5, 5.41) is 7.50. The van der Waals surface area contributed by atoms with Gasteiger partial charge in [0.25, 0.3) is 0 Å². The van der Waals surface area contributed by atoms with Gasteiger partial charge in [-0.25, -0.2) is 13.6 Å². The zero-order valence-corrected chi connectivity index (χ0v) is 25.2. The lowest BCUT2D eigenvalue weighted by molar-refractivity contribution is -0.00242. The fraction of sp³-hybridized carbons (Fsp3) is 0.531. The molecule has 1 aromatic carbocycles. The third-order valence-electron chi connectivity index (χ3n) is 9.93. The molecule has 1 spiro atoms. The summed E-state index contributed by atoms with van der Waals surface area (Å²) in [6, 6.07) is 6.53. The second-order valence-corrected chi connectivity index (χ2v) is 12.4. The number of urea groups is 1. The molecule has 6 rings (SSSR count). The molecule has 3 fully saturated rings. The van der Waals surface area contributed by atoms with Crippen LogP contribution >= 0.6 is 0 Å². The Hall–Kier alpha value is -3.57. The van der Waals surface area contributed by atoms with E-state index in [1.54, 1.807) is 21.8 Å². The number of hydrogen-bond acceptors (Lipinski definition) is 5. The zero-order chi connectivity index (χ0) is 30.3. The first-order valence-corrected chi connectivity index (χ1v) is 15.3. The summed E-state index contributed by atoms with van der Waals surface area (Å²) in [5.74, 6) is -0.998. The number of carbonyl (C=O) groups is 1. The first kappa shape index (κ1) is 29.5. The number of nitrogens with zero attached hydrogens (tertiary/aromatic N) is 6. The summed E-state index contributed by atoms with van der Waals surface area (Å²) >= 11 is 0. The van der Waals surface area contributed by atoms with Crippen LogP contribution in [0.4, 0.5) is 13.6 Å². The minimum atomic E-state index is -0.548. The highest BCUT2D eigenvalue weighted by atomic mass is 19.1. The van der Waals surface area contributed by atoms with E-state index in [0.29, 0.717) is 39.1 Å². The summed E-state index contributed by atoms with van der Waals surface area (Å²) in [5.41, 5.74) is 2.42. The molecule has 0 unspecified atom stereocenters. The van der Waals surface area contributed by atoms with E-state index in [1.165, 1.54) is 6.07 Å². The second kappa shape index (κ2) is 11.8. The van der Waals surface area contributed by atoms with Crippen LogP contribution in [0.25, 0.3) is 11.4 Å². The molecule has 230 valence electrons. The number of piperidine rings is 1. The number of halogens is 2. The predicted octanol–water partition coefficient (Wildman–Crippen LogP) is 4.04. The van der Waals surface area contributed by atoms with Gasteiger partial charge in [-0.3, -0.25) is 14.4 Å². The number of amides is 2. The van der Waals surface area contributed by atoms with Crippen molar-refractivity contribution in [2.45, 2.75) is 62.7 Å². The van der Waals surface area contributed by atoms with Crippen LogP contribution < -0.4 is 10.7 Å². The molecule has 1 N–H and O–H groups in total. The number of nitrogens with one attached hydrogen (secondary N) is 1. The Kier molecular flexibility index (Phi) is 8.12. The fourth-order valence-corrected chi connectivity index (χ4v) is 7.52. The Balaban J connectivity index is 1.23. The van der Waals surface area contributed by atoms with Gasteiger partial charge in [-0.2, -0.15) is 5.10 Å². The third kappa shape index (κ3) is 5.60. The number of piperazine rings is 1. The lowest BCUT2D eigenvalue weighted by Gasteiger charge is -2.51. The first-order valence-electron chi connectivity index (χ1n) is 15.3. The Morgan fingerprint density at radius 1 is 1.07 bits per heavy atom. The molecule has 11 heteroatoms. The van der Waals surface area contributed by atoms with Gasteiger partial charge >= 0.3 is 6.03 Å². The number of likely N-dealkylation sites (tertiary alicyclic amines) is 1. The highest BCUT2D eigenvalue weighted by Gasteiger charge is 2.46. The minimum Gasteiger partial charge on any atom is -0.349 e. The monoisotopic (exact) mass is 593 g/mol. The normalized spacial score (nSPS) is 22.4. The van der Waals surface area contributed by atoms with Crippen LogP contribution in [0.1, 0.15) is 55.7 Å². The molecule has 3 aromatic rings. The molecule has 2 saturated heterocycles. The number of hydrogen-bond donors (Lipinski definition) is 1. The Morgan fingerprint density at radius 3 is 2.58 bits per heavy atom. The van der Waals surface area contributed by atoms with Gasteiger partial charge in [0.2, 0.25) is 0 Å². The van der Waals surface area contributed by atoms with Crippen molar-refractivity contribution in [3.63, 3.8) is 0 Å². The molecule has 2 atom stereocenters. The van der Waals surface area contributed by atoms with E-state index in [-0.39, 0.29) is 28.6 Å². The molecule has 9 nitrogen and oxygen atoms in total. The topological polar surface area (TPSA) is 78.6 Å². The van der Waals surface area contributed by atoms with Crippen LogP contribution in [0.15, 0.2) is 47.5 Å². The summed E-state index contributed by atoms with van der Waals surface area (Å²) < 4.78 is 32.9. The van der Waals surface area contributed by atoms with Gasteiger partial charge in [0, 0.05) is 88.0 Å². The van der Waals surface area contributed by atoms with Crippen molar-refractivity contribution in [1.82, 2.24) is 34.4 Å². The van der Waals surface area contributed by atoms with Crippen molar-refractivity contribution < 1.29 is 13.6 Å². The van der Waals surface area contributed by atoms with Gasteiger partial charge in [0.05, 0.1) is 17.4 Å². The van der Waals surface area contributed by atoms with Crippen LogP contribution in [0, 0.1) is 11.6 Å². The summed E-state index contributed by atoms with van der Waals surface area (Å²) in [4.78, 5) is 33.5. The first-order chi connectivity index (χ1) is 20.7. The van der Waals surface area contributed by atoms with E-state index in [2.05, 4.69) is 15.3 Å². The molecule has 2 aromatic heterocycles. The molecule has 2 amide bonds. The van der Waals surface area contributed by atoms with E-state index in [1.807, 2.05) is 42.9 Å². The molecule has 4 heterocycles. The van der Waals surface area contributed by atoms with Crippen molar-refractivity contribution >= 4 is 6.03 Å². The SMILES string of the molecule is CN[C@@H]1CCN(C(=O)N2CCN(Cc3cn(C)c(-c4ccnn4C)cc3=O)C3(CCCC3)C2)[C@H](c2cc(F)ccc2F)C1. The molecule has 0 radical (unpaired) electrons. The molecular weight excluding hydrogens is 552 g/mol. The number of pyridine rings is 1. The Bertz CT molecular complexity index is 1550. The van der Waals surface area contributed by atoms with Gasteiger partial charge in [-0.15, -0.1) is 0 Å². The average Bonchev–Trinajstić information content (AvgIpc) is 3.65. The van der Waals surface area contributed by atoms with Crippen LogP contribution in [-0.4, -0.2) is 79.9 Å². The quantitative estimate of drug-likeness (QED) is 0.483. The smallest absolute Gasteiger partial charge is 0.320 e. The van der Waals surface area contributed by atoms with Crippen LogP contribution in [0.2, 0.25) is 0 Å². The predicted molar refractivity (Wildman–Crippen MR) is 160 cm³/mol. The Labute approximate surface area is 251 Å². The molecular formula is C32H41F2N7O2. The van der Waals surface area contributed by atoms with Gasteiger partial charge in [-0.05, 0) is 57.0 Å². The highest BCUT2D eigenvalue weighted by molar-refractivity contribution is 5.75. The van der Waals surface area contributed by atoms with Crippen molar-refractivity contribution in [3.05, 3.63) is 75.7 Å². The molecule has 0 bridgehead atoms. The van der Waals surface area contributed by atoms with Gasteiger partial charge < -0.3 is 19.7 Å². The van der Waals surface area contributed by atoms with E-state index < -0.39 is 17.7 Å². The fourth-order valence-electron chi connectivity index (χ4n) is 7.52. The van der Waals surface area contributed by atoms with E-state index in [0.717, 1.165) is 61.2 Å². The standard InChI is InChI=1S/C32H41F2N7O2/c1-35-24-9-13-41(28(17-24)25-16-23(33)6-7-26(25)34)31(43)39-14-15-40(32(21-39)10-4-5-11-32)20-22-19-37(2)29(18-30(22)42)27-8-12-36-38(27)3/h6-8,12,16,18-19,24,28,35H,4-5,9-11,13-15,17,20-21H2,1-3H3/t24-,28+/m1/s1. The number of benzene rings is 1. The van der Waals surface area contributed by atoms with Crippen LogP contribution in [-0.2, 0) is 20.6 Å². The second-order valence-electron chi connectivity index (χ2n) is 12.4. The largest absolute Gasteiger partial charge is 0.349 e. The molecule has 43 heavy (non-hydrogen) atoms. The van der Waals surface area contributed by atoms with E-state index >= 15 is 0 Å². The maximum atomic E-state index is 15.0. The third-order valence-corrected chi connectivity index (χ3v) is 9.93. The van der Waals surface area contributed by atoms with Crippen LogP contribution in [0.5, 0.6) is 0 Å². The highest BCUT2D eigenvalue weighted by Crippen LogP contribution is 2.40. The van der Waals surface area contributed by atoms with Crippen molar-refractivity contribution in [2.75, 3.05) is 33.2 Å². The number of aromatic nitrogens is 3. The lowest BCUT2D eigenvalue weighted by Crippen LogP contribution is -2.64. The van der Waals surface area contributed by atoms with E-state index in [4.69, 9.17) is 0 Å². The molecule has 1 saturated carbocycles. The summed E-state index contributed by atoms with van der Waals surface area (Å²) in [6.07, 6.45) is 8.96. The number of aryl methyl sites for hydroxylation is 2. The molecule has 1 aliphatic carbocycles. The maximum absolute atomic E-state index is 15.0. The van der Waals surface area contributed by atoms with Crippen molar-refractivity contribution in [3.8, 4) is 11.4 Å². The number of carbonyl (C=O) groups excluding carboxylic acids is 1. The van der Waals surface area contributed by atoms with Gasteiger partial charge in [-0.1, -0.05) is 12.8 Å². The van der Waals surface area contributed by atoms with Crippen molar-refractivity contribution in [1.29, 1.82) is 0 Å². The van der Waals surface area contributed by atoms with Gasteiger partial charge in [0.1, 0.15) is 11.6 Å². The maximum Gasteiger partial charge on any atom is 0.320 e. The minimum absolute atomic E-state index is 0.00619. The molecule has 2 aliphatic heterocycles.